The Morgan fingerprint density at radius 3 is 2.68 bits per heavy atom. The van der Waals surface area contributed by atoms with Crippen LogP contribution in [0.25, 0.3) is 0 Å². The molecule has 0 aliphatic carbocycles. The predicted octanol–water partition coefficient (Wildman–Crippen LogP) is 3.72. The number of hydrogen-bond donors (Lipinski definition) is 1. The molecule has 1 aromatic rings. The van der Waals surface area contributed by atoms with Crippen LogP contribution in [-0.4, -0.2) is 31.8 Å². The van der Waals surface area contributed by atoms with E-state index in [4.69, 9.17) is 4.74 Å². The second kappa shape index (κ2) is 9.40. The highest BCUT2D eigenvalue weighted by molar-refractivity contribution is 7.99. The van der Waals surface area contributed by atoms with Crippen LogP contribution in [0.3, 0.4) is 0 Å². The summed E-state index contributed by atoms with van der Waals surface area (Å²) in [6.07, 6.45) is 1.17. The van der Waals surface area contributed by atoms with E-state index in [1.165, 1.54) is 23.1 Å². The van der Waals surface area contributed by atoms with Gasteiger partial charge in [-0.2, -0.15) is 11.8 Å². The molecule has 108 valence electrons. The van der Waals surface area contributed by atoms with Crippen molar-refractivity contribution in [2.45, 2.75) is 33.2 Å². The van der Waals surface area contributed by atoms with Crippen molar-refractivity contribution in [3.8, 4) is 0 Å². The van der Waals surface area contributed by atoms with Crippen molar-refractivity contribution < 1.29 is 4.74 Å². The number of nitrogens with one attached hydrogen (secondary N) is 1. The molecule has 1 unspecified atom stereocenters. The Balaban J connectivity index is 2.63. The molecule has 1 N–H and O–H groups in total. The normalized spacial score (nSPS) is 12.6. The lowest BCUT2D eigenvalue weighted by atomic mass is 10.0. The molecule has 2 nitrogen and oxygen atoms in total. The Morgan fingerprint density at radius 1 is 1.26 bits per heavy atom. The van der Waals surface area contributed by atoms with Gasteiger partial charge in [0.05, 0.1) is 6.61 Å². The van der Waals surface area contributed by atoms with Gasteiger partial charge in [0.1, 0.15) is 0 Å². The third kappa shape index (κ3) is 5.98. The summed E-state index contributed by atoms with van der Waals surface area (Å²) in [6.45, 7) is 8.47. The van der Waals surface area contributed by atoms with Gasteiger partial charge in [-0.15, -0.1) is 0 Å². The van der Waals surface area contributed by atoms with Crippen LogP contribution in [0.2, 0.25) is 0 Å². The summed E-state index contributed by atoms with van der Waals surface area (Å²) in [5.41, 5.74) is 4.15. The second-order valence-electron chi connectivity index (χ2n) is 4.92. The van der Waals surface area contributed by atoms with E-state index < -0.39 is 0 Å². The summed E-state index contributed by atoms with van der Waals surface area (Å²) in [7, 11) is 1.76. The maximum absolute atomic E-state index is 5.10. The molecule has 0 aliphatic heterocycles. The highest BCUT2D eigenvalue weighted by Gasteiger charge is 2.11. The molecule has 3 heteroatoms. The molecule has 0 heterocycles. The standard InChI is InChI=1S/C16H27NOS/c1-5-8-17-16(12-19-10-9-18-4)15-7-6-13(2)14(3)11-15/h6-7,11,16-17H,5,8-10,12H2,1-4H3. The fraction of sp³-hybridized carbons (Fsp3) is 0.625. The number of aryl methyl sites for hydroxylation is 2. The first-order valence-corrected chi connectivity index (χ1v) is 8.21. The smallest absolute Gasteiger partial charge is 0.0552 e. The molecule has 0 aliphatic rings. The molecule has 19 heavy (non-hydrogen) atoms. The van der Waals surface area contributed by atoms with E-state index in [-0.39, 0.29) is 0 Å². The van der Waals surface area contributed by atoms with Gasteiger partial charge in [-0.3, -0.25) is 0 Å². The molecule has 0 bridgehead atoms. The van der Waals surface area contributed by atoms with Crippen LogP contribution in [0.4, 0.5) is 0 Å². The molecule has 0 saturated heterocycles. The summed E-state index contributed by atoms with van der Waals surface area (Å²) in [5.74, 6) is 2.16. The van der Waals surface area contributed by atoms with Crippen molar-refractivity contribution in [2.24, 2.45) is 0 Å². The third-order valence-electron chi connectivity index (χ3n) is 3.29. The minimum atomic E-state index is 0.445. The Kier molecular flexibility index (Phi) is 8.19. The summed E-state index contributed by atoms with van der Waals surface area (Å²) in [4.78, 5) is 0. The zero-order chi connectivity index (χ0) is 14.1. The summed E-state index contributed by atoms with van der Waals surface area (Å²) in [6, 6.07) is 7.25. The minimum Gasteiger partial charge on any atom is -0.384 e. The summed E-state index contributed by atoms with van der Waals surface area (Å²) in [5, 5.41) is 3.65. The molecule has 0 aromatic heterocycles. The SMILES string of the molecule is CCCNC(CSCCOC)c1ccc(C)c(C)c1. The average Bonchev–Trinajstić information content (AvgIpc) is 2.41. The largest absolute Gasteiger partial charge is 0.384 e. The maximum atomic E-state index is 5.10. The molecule has 0 fully saturated rings. The highest BCUT2D eigenvalue weighted by atomic mass is 32.2. The van der Waals surface area contributed by atoms with Crippen LogP contribution in [0, 0.1) is 13.8 Å². The van der Waals surface area contributed by atoms with Crippen molar-refractivity contribution >= 4 is 11.8 Å². The number of ether oxygens (including phenoxy) is 1. The lowest BCUT2D eigenvalue weighted by Crippen LogP contribution is -2.24. The van der Waals surface area contributed by atoms with Gasteiger partial charge in [0, 0.05) is 24.7 Å². The van der Waals surface area contributed by atoms with Crippen LogP contribution >= 0.6 is 11.8 Å². The van der Waals surface area contributed by atoms with E-state index in [1.54, 1.807) is 7.11 Å². The molecule has 0 saturated carbocycles. The Labute approximate surface area is 122 Å². The van der Waals surface area contributed by atoms with Gasteiger partial charge in [0.2, 0.25) is 0 Å². The Bertz CT molecular complexity index is 368. The van der Waals surface area contributed by atoms with Gasteiger partial charge < -0.3 is 10.1 Å². The lowest BCUT2D eigenvalue weighted by molar-refractivity contribution is 0.218. The van der Waals surface area contributed by atoms with Gasteiger partial charge >= 0.3 is 0 Å². The van der Waals surface area contributed by atoms with Crippen LogP contribution in [0.1, 0.15) is 36.1 Å². The molecular weight excluding hydrogens is 254 g/mol. The van der Waals surface area contributed by atoms with Gasteiger partial charge in [-0.05, 0) is 43.5 Å². The maximum Gasteiger partial charge on any atom is 0.0552 e. The van der Waals surface area contributed by atoms with Crippen LogP contribution in [-0.2, 0) is 4.74 Å². The zero-order valence-electron chi connectivity index (χ0n) is 12.7. The zero-order valence-corrected chi connectivity index (χ0v) is 13.5. The topological polar surface area (TPSA) is 21.3 Å². The van der Waals surface area contributed by atoms with Crippen LogP contribution < -0.4 is 5.32 Å². The highest BCUT2D eigenvalue weighted by Crippen LogP contribution is 2.21. The quantitative estimate of drug-likeness (QED) is 0.697. The molecular formula is C16H27NOS. The first kappa shape index (κ1) is 16.5. The number of benzene rings is 1. The van der Waals surface area contributed by atoms with Gasteiger partial charge in [0.15, 0.2) is 0 Å². The van der Waals surface area contributed by atoms with Crippen molar-refractivity contribution in [2.75, 3.05) is 31.8 Å². The predicted molar refractivity (Wildman–Crippen MR) is 86.2 cm³/mol. The monoisotopic (exact) mass is 281 g/mol. The number of thioether (sulfide) groups is 1. The molecule has 1 rings (SSSR count). The minimum absolute atomic E-state index is 0.445. The second-order valence-corrected chi connectivity index (χ2v) is 6.07. The lowest BCUT2D eigenvalue weighted by Gasteiger charge is -2.19. The van der Waals surface area contributed by atoms with E-state index in [2.05, 4.69) is 44.3 Å². The fourth-order valence-electron chi connectivity index (χ4n) is 1.92. The fourth-order valence-corrected chi connectivity index (χ4v) is 2.91. The van der Waals surface area contributed by atoms with Crippen molar-refractivity contribution in [3.05, 3.63) is 34.9 Å². The third-order valence-corrected chi connectivity index (χ3v) is 4.31. The molecule has 0 radical (unpaired) electrons. The van der Waals surface area contributed by atoms with Crippen molar-refractivity contribution in [1.82, 2.24) is 5.32 Å². The van der Waals surface area contributed by atoms with Crippen LogP contribution in [0.15, 0.2) is 18.2 Å². The van der Waals surface area contributed by atoms with E-state index in [1.807, 2.05) is 11.8 Å². The van der Waals surface area contributed by atoms with E-state index >= 15 is 0 Å². The first-order valence-electron chi connectivity index (χ1n) is 7.06. The number of hydrogen-bond acceptors (Lipinski definition) is 3. The van der Waals surface area contributed by atoms with Crippen molar-refractivity contribution in [1.29, 1.82) is 0 Å². The first-order chi connectivity index (χ1) is 9.19. The summed E-state index contributed by atoms with van der Waals surface area (Å²) < 4.78 is 5.10. The Hall–Kier alpha value is -0.510. The molecule has 0 spiro atoms. The molecule has 1 atom stereocenters. The van der Waals surface area contributed by atoms with Gasteiger partial charge in [-0.1, -0.05) is 25.1 Å². The van der Waals surface area contributed by atoms with Gasteiger partial charge in [-0.25, -0.2) is 0 Å². The summed E-state index contributed by atoms with van der Waals surface area (Å²) >= 11 is 1.95. The van der Waals surface area contributed by atoms with E-state index in [9.17, 15) is 0 Å². The van der Waals surface area contributed by atoms with E-state index in [0.29, 0.717) is 6.04 Å². The Morgan fingerprint density at radius 2 is 2.05 bits per heavy atom. The average molecular weight is 281 g/mol. The number of methoxy groups -OCH3 is 1. The van der Waals surface area contributed by atoms with E-state index in [0.717, 1.165) is 24.7 Å². The van der Waals surface area contributed by atoms with Gasteiger partial charge in [0.25, 0.3) is 0 Å². The van der Waals surface area contributed by atoms with Crippen LogP contribution in [0.5, 0.6) is 0 Å². The molecule has 0 amide bonds. The molecule has 1 aromatic carbocycles. The number of rotatable bonds is 9. The van der Waals surface area contributed by atoms with Crippen molar-refractivity contribution in [3.63, 3.8) is 0 Å².